The number of halogens is 1. The highest BCUT2D eigenvalue weighted by Crippen LogP contribution is 2.41. The topological polar surface area (TPSA) is 27.7 Å². The number of ether oxygens (including phenoxy) is 3. The lowest BCUT2D eigenvalue weighted by molar-refractivity contribution is -0.108. The summed E-state index contributed by atoms with van der Waals surface area (Å²) in [4.78, 5) is 0. The third kappa shape index (κ3) is 3.37. The lowest BCUT2D eigenvalue weighted by Gasteiger charge is -2.38. The molecule has 116 valence electrons. The van der Waals surface area contributed by atoms with E-state index in [0.717, 1.165) is 36.3 Å². The first kappa shape index (κ1) is 15.2. The molecule has 1 aromatic carbocycles. The predicted octanol–water partition coefficient (Wildman–Crippen LogP) is 4.46. The van der Waals surface area contributed by atoms with Gasteiger partial charge in [-0.15, -0.1) is 0 Å². The molecule has 0 bridgehead atoms. The van der Waals surface area contributed by atoms with E-state index in [2.05, 4.69) is 22.0 Å². The van der Waals surface area contributed by atoms with Crippen LogP contribution >= 0.6 is 15.9 Å². The standard InChI is InChI=1S/C17H23BrO3/c1-19-16-10-13(12-18)4-5-15(16)21-14-6-9-20-17(11-14)7-2-3-8-17/h4-5,10,14H,2-3,6-9,11-12H2,1H3. The van der Waals surface area contributed by atoms with Crippen molar-refractivity contribution in [1.82, 2.24) is 0 Å². The van der Waals surface area contributed by atoms with E-state index in [1.54, 1.807) is 7.11 Å². The molecule has 4 heteroatoms. The summed E-state index contributed by atoms with van der Waals surface area (Å²) in [5.74, 6) is 1.67. The van der Waals surface area contributed by atoms with Gasteiger partial charge in [-0.3, -0.25) is 0 Å². The zero-order valence-corrected chi connectivity index (χ0v) is 14.2. The Bertz CT molecular complexity index is 483. The molecule has 1 aliphatic carbocycles. The van der Waals surface area contributed by atoms with E-state index in [-0.39, 0.29) is 11.7 Å². The summed E-state index contributed by atoms with van der Waals surface area (Å²) in [7, 11) is 1.70. The molecule has 0 amide bonds. The first-order valence-corrected chi connectivity index (χ1v) is 8.90. The Labute approximate surface area is 135 Å². The molecule has 21 heavy (non-hydrogen) atoms. The van der Waals surface area contributed by atoms with Crippen LogP contribution < -0.4 is 9.47 Å². The Morgan fingerprint density at radius 1 is 1.29 bits per heavy atom. The molecule has 0 radical (unpaired) electrons. The van der Waals surface area contributed by atoms with Crippen molar-refractivity contribution < 1.29 is 14.2 Å². The molecule has 1 aromatic rings. The van der Waals surface area contributed by atoms with Gasteiger partial charge in [0.1, 0.15) is 6.10 Å². The van der Waals surface area contributed by atoms with E-state index >= 15 is 0 Å². The Hall–Kier alpha value is -0.740. The van der Waals surface area contributed by atoms with Crippen LogP contribution in [-0.2, 0) is 10.1 Å². The molecule has 1 spiro atoms. The first-order valence-electron chi connectivity index (χ1n) is 7.78. The van der Waals surface area contributed by atoms with E-state index < -0.39 is 0 Å². The summed E-state index contributed by atoms with van der Waals surface area (Å²) in [6.07, 6.45) is 7.16. The quantitative estimate of drug-likeness (QED) is 0.747. The summed E-state index contributed by atoms with van der Waals surface area (Å²) < 4.78 is 17.8. The Kier molecular flexibility index (Phi) is 4.75. The molecule has 1 atom stereocenters. The molecule has 1 saturated carbocycles. The van der Waals surface area contributed by atoms with Gasteiger partial charge in [0.25, 0.3) is 0 Å². The smallest absolute Gasteiger partial charge is 0.161 e. The van der Waals surface area contributed by atoms with Crippen molar-refractivity contribution >= 4 is 15.9 Å². The predicted molar refractivity (Wildman–Crippen MR) is 86.4 cm³/mol. The van der Waals surface area contributed by atoms with Crippen molar-refractivity contribution in [3.05, 3.63) is 23.8 Å². The van der Waals surface area contributed by atoms with Crippen LogP contribution in [0.25, 0.3) is 0 Å². The minimum absolute atomic E-state index is 0.0892. The average molecular weight is 355 g/mol. The second kappa shape index (κ2) is 6.57. The number of benzene rings is 1. The fraction of sp³-hybridized carbons (Fsp3) is 0.647. The van der Waals surface area contributed by atoms with Crippen LogP contribution in [0, 0.1) is 0 Å². The second-order valence-corrected chi connectivity index (χ2v) is 6.65. The maximum absolute atomic E-state index is 6.24. The molecule has 0 N–H and O–H groups in total. The molecule has 1 aliphatic heterocycles. The highest BCUT2D eigenvalue weighted by Gasteiger charge is 2.40. The highest BCUT2D eigenvalue weighted by molar-refractivity contribution is 9.08. The molecule has 3 nitrogen and oxygen atoms in total. The summed E-state index contributed by atoms with van der Waals surface area (Å²) in [6.45, 7) is 0.812. The summed E-state index contributed by atoms with van der Waals surface area (Å²) in [6, 6.07) is 6.14. The molecule has 1 heterocycles. The van der Waals surface area contributed by atoms with Crippen LogP contribution in [0.5, 0.6) is 11.5 Å². The molecular formula is C17H23BrO3. The van der Waals surface area contributed by atoms with Crippen LogP contribution in [0.3, 0.4) is 0 Å². The van der Waals surface area contributed by atoms with Crippen LogP contribution in [0.15, 0.2) is 18.2 Å². The van der Waals surface area contributed by atoms with Gasteiger partial charge in [-0.25, -0.2) is 0 Å². The summed E-state index contributed by atoms with van der Waals surface area (Å²) in [5.41, 5.74) is 1.28. The Balaban J connectivity index is 1.71. The van der Waals surface area contributed by atoms with E-state index in [9.17, 15) is 0 Å². The molecule has 2 fully saturated rings. The fourth-order valence-corrected chi connectivity index (χ4v) is 3.87. The lowest BCUT2D eigenvalue weighted by Crippen LogP contribution is -2.41. The van der Waals surface area contributed by atoms with Gasteiger partial charge in [-0.2, -0.15) is 0 Å². The van der Waals surface area contributed by atoms with Crippen molar-refractivity contribution in [3.8, 4) is 11.5 Å². The van der Waals surface area contributed by atoms with E-state index in [1.165, 1.54) is 31.2 Å². The molecule has 2 aliphatic rings. The van der Waals surface area contributed by atoms with Gasteiger partial charge in [0, 0.05) is 18.2 Å². The van der Waals surface area contributed by atoms with E-state index in [1.807, 2.05) is 12.1 Å². The SMILES string of the molecule is COc1cc(CBr)ccc1OC1CCOC2(CCCC2)C1. The van der Waals surface area contributed by atoms with Gasteiger partial charge in [0.05, 0.1) is 19.3 Å². The van der Waals surface area contributed by atoms with Gasteiger partial charge in [0.2, 0.25) is 0 Å². The maximum Gasteiger partial charge on any atom is 0.161 e. The number of hydrogen-bond acceptors (Lipinski definition) is 3. The minimum atomic E-state index is 0.0892. The largest absolute Gasteiger partial charge is 0.493 e. The molecule has 1 saturated heterocycles. The third-order valence-electron chi connectivity index (χ3n) is 4.64. The second-order valence-electron chi connectivity index (χ2n) is 6.09. The average Bonchev–Trinajstić information content (AvgIpc) is 2.95. The van der Waals surface area contributed by atoms with Crippen LogP contribution in [-0.4, -0.2) is 25.4 Å². The lowest BCUT2D eigenvalue weighted by atomic mass is 9.90. The van der Waals surface area contributed by atoms with Gasteiger partial charge in [-0.05, 0) is 30.5 Å². The maximum atomic E-state index is 6.24. The van der Waals surface area contributed by atoms with Crippen molar-refractivity contribution in [2.24, 2.45) is 0 Å². The van der Waals surface area contributed by atoms with Crippen LogP contribution in [0.4, 0.5) is 0 Å². The number of rotatable bonds is 4. The zero-order chi connectivity index (χ0) is 14.7. The summed E-state index contributed by atoms with van der Waals surface area (Å²) in [5, 5.41) is 0.823. The van der Waals surface area contributed by atoms with Gasteiger partial charge in [0.15, 0.2) is 11.5 Å². The van der Waals surface area contributed by atoms with Crippen LogP contribution in [0.2, 0.25) is 0 Å². The molecule has 3 rings (SSSR count). The molecule has 1 unspecified atom stereocenters. The molecular weight excluding hydrogens is 332 g/mol. The first-order chi connectivity index (χ1) is 10.2. The summed E-state index contributed by atoms with van der Waals surface area (Å²) >= 11 is 3.47. The van der Waals surface area contributed by atoms with Crippen molar-refractivity contribution in [2.45, 2.75) is 55.6 Å². The minimum Gasteiger partial charge on any atom is -0.493 e. The Morgan fingerprint density at radius 2 is 2.10 bits per heavy atom. The van der Waals surface area contributed by atoms with Gasteiger partial charge >= 0.3 is 0 Å². The van der Waals surface area contributed by atoms with E-state index in [4.69, 9.17) is 14.2 Å². The zero-order valence-electron chi connectivity index (χ0n) is 12.6. The van der Waals surface area contributed by atoms with Crippen molar-refractivity contribution in [2.75, 3.05) is 13.7 Å². The third-order valence-corrected chi connectivity index (χ3v) is 5.29. The highest BCUT2D eigenvalue weighted by atomic mass is 79.9. The van der Waals surface area contributed by atoms with Crippen molar-refractivity contribution in [3.63, 3.8) is 0 Å². The number of alkyl halides is 1. The van der Waals surface area contributed by atoms with Gasteiger partial charge in [-0.1, -0.05) is 34.8 Å². The van der Waals surface area contributed by atoms with Gasteiger partial charge < -0.3 is 14.2 Å². The number of methoxy groups -OCH3 is 1. The monoisotopic (exact) mass is 354 g/mol. The normalized spacial score (nSPS) is 24.2. The molecule has 0 aromatic heterocycles. The fourth-order valence-electron chi connectivity index (χ4n) is 3.52. The number of hydrogen-bond donors (Lipinski definition) is 0. The Morgan fingerprint density at radius 3 is 2.81 bits per heavy atom. The van der Waals surface area contributed by atoms with E-state index in [0.29, 0.717) is 0 Å². The van der Waals surface area contributed by atoms with Crippen LogP contribution in [0.1, 0.15) is 44.1 Å². The van der Waals surface area contributed by atoms with Crippen molar-refractivity contribution in [1.29, 1.82) is 0 Å².